The molecule has 1 saturated carbocycles. The number of rotatable bonds is 7. The quantitative estimate of drug-likeness (QED) is 0.438. The standard InChI is InChI=1S/C25H30F3N3O3.C2H6/c1-15-5-8-19(18(27)12-15)30-22-16(6-7-17(26)21(22)28)23(32)31-13-25(34,14-31)10-11-29-20-4-3-9-24(20,2)33;1-2/h5-8,12,20,29-30,33-34H,3-4,9-11,13-14H2,1-2H3;1-2H3. The monoisotopic (exact) mass is 507 g/mol. The summed E-state index contributed by atoms with van der Waals surface area (Å²) in [4.78, 5) is 14.4. The van der Waals surface area contributed by atoms with Crippen molar-refractivity contribution in [3.05, 3.63) is 58.9 Å². The average Bonchev–Trinajstić information content (AvgIpc) is 3.15. The Hall–Kier alpha value is -2.62. The highest BCUT2D eigenvalue weighted by atomic mass is 19.2. The van der Waals surface area contributed by atoms with E-state index in [1.165, 1.54) is 17.0 Å². The number of benzene rings is 2. The first-order valence-electron chi connectivity index (χ1n) is 12.5. The van der Waals surface area contributed by atoms with Gasteiger partial charge in [-0.05, 0) is 75.9 Å². The van der Waals surface area contributed by atoms with Gasteiger partial charge in [0.1, 0.15) is 11.4 Å². The van der Waals surface area contributed by atoms with Crippen LogP contribution >= 0.6 is 0 Å². The average molecular weight is 508 g/mol. The number of aliphatic hydroxyl groups is 2. The summed E-state index contributed by atoms with van der Waals surface area (Å²) in [7, 11) is 0. The number of nitrogens with zero attached hydrogens (tertiary/aromatic N) is 1. The van der Waals surface area contributed by atoms with Crippen molar-refractivity contribution in [2.24, 2.45) is 0 Å². The highest BCUT2D eigenvalue weighted by Gasteiger charge is 2.44. The number of hydrogen-bond acceptors (Lipinski definition) is 5. The molecule has 4 N–H and O–H groups in total. The number of amides is 1. The number of hydrogen-bond donors (Lipinski definition) is 4. The number of carbonyl (C=O) groups excluding carboxylic acids is 1. The zero-order chi connectivity index (χ0) is 26.7. The molecule has 2 fully saturated rings. The lowest BCUT2D eigenvalue weighted by Gasteiger charge is -2.47. The van der Waals surface area contributed by atoms with E-state index < -0.39 is 40.2 Å². The normalized spacial score (nSPS) is 22.5. The molecular formula is C27H36F3N3O3. The van der Waals surface area contributed by atoms with Crippen molar-refractivity contribution in [3.63, 3.8) is 0 Å². The van der Waals surface area contributed by atoms with E-state index in [9.17, 15) is 28.2 Å². The van der Waals surface area contributed by atoms with Crippen molar-refractivity contribution in [1.82, 2.24) is 10.2 Å². The van der Waals surface area contributed by atoms with Gasteiger partial charge in [0, 0.05) is 6.04 Å². The molecule has 1 amide bonds. The van der Waals surface area contributed by atoms with Crippen LogP contribution in [0.1, 0.15) is 62.4 Å². The number of carbonyl (C=O) groups is 1. The molecule has 1 heterocycles. The van der Waals surface area contributed by atoms with Gasteiger partial charge in [-0.1, -0.05) is 19.9 Å². The third-order valence-corrected chi connectivity index (χ3v) is 6.87. The van der Waals surface area contributed by atoms with Crippen molar-refractivity contribution in [2.45, 2.75) is 70.6 Å². The molecule has 0 radical (unpaired) electrons. The van der Waals surface area contributed by atoms with Gasteiger partial charge in [-0.3, -0.25) is 4.79 Å². The third-order valence-electron chi connectivity index (χ3n) is 6.87. The van der Waals surface area contributed by atoms with Crippen LogP contribution in [0.15, 0.2) is 30.3 Å². The molecule has 2 atom stereocenters. The molecule has 9 heteroatoms. The van der Waals surface area contributed by atoms with Crippen LogP contribution < -0.4 is 10.6 Å². The summed E-state index contributed by atoms with van der Waals surface area (Å²) < 4.78 is 42.8. The van der Waals surface area contributed by atoms with Crippen LogP contribution in [0.3, 0.4) is 0 Å². The van der Waals surface area contributed by atoms with Gasteiger partial charge < -0.3 is 25.7 Å². The fraction of sp³-hybridized carbons (Fsp3) is 0.519. The molecule has 1 aliphatic carbocycles. The maximum absolute atomic E-state index is 14.6. The van der Waals surface area contributed by atoms with E-state index in [1.54, 1.807) is 19.9 Å². The highest BCUT2D eigenvalue weighted by Crippen LogP contribution is 2.33. The lowest BCUT2D eigenvalue weighted by molar-refractivity contribution is -0.0861. The Morgan fingerprint density at radius 2 is 1.81 bits per heavy atom. The van der Waals surface area contributed by atoms with E-state index in [-0.39, 0.29) is 30.4 Å². The second kappa shape index (κ2) is 11.2. The van der Waals surface area contributed by atoms with Crippen LogP contribution in [0.5, 0.6) is 0 Å². The van der Waals surface area contributed by atoms with E-state index in [0.717, 1.165) is 31.4 Å². The smallest absolute Gasteiger partial charge is 0.256 e. The van der Waals surface area contributed by atoms with Gasteiger partial charge in [0.2, 0.25) is 0 Å². The van der Waals surface area contributed by atoms with Crippen LogP contribution in [0.25, 0.3) is 0 Å². The molecule has 4 rings (SSSR count). The minimum atomic E-state index is -1.28. The maximum Gasteiger partial charge on any atom is 0.256 e. The molecule has 2 aliphatic rings. The van der Waals surface area contributed by atoms with Crippen LogP contribution in [-0.4, -0.2) is 57.9 Å². The number of β-amino-alcohol motifs (C(OH)–C–C–N with tert-alkyl or cyclic N) is 1. The van der Waals surface area contributed by atoms with Crippen LogP contribution in [0, 0.1) is 24.4 Å². The topological polar surface area (TPSA) is 84.8 Å². The number of halogens is 3. The largest absolute Gasteiger partial charge is 0.389 e. The Bertz CT molecular complexity index is 1090. The Balaban J connectivity index is 0.00000176. The predicted octanol–water partition coefficient (Wildman–Crippen LogP) is 4.65. The first kappa shape index (κ1) is 28.0. The maximum atomic E-state index is 14.6. The van der Waals surface area contributed by atoms with E-state index in [2.05, 4.69) is 10.6 Å². The first-order chi connectivity index (χ1) is 17.0. The molecule has 2 aromatic rings. The van der Waals surface area contributed by atoms with Gasteiger partial charge in [-0.15, -0.1) is 0 Å². The van der Waals surface area contributed by atoms with E-state index in [1.807, 2.05) is 13.8 Å². The van der Waals surface area contributed by atoms with Crippen molar-refractivity contribution in [1.29, 1.82) is 0 Å². The molecule has 1 saturated heterocycles. The summed E-state index contributed by atoms with van der Waals surface area (Å²) in [6.07, 6.45) is 2.91. The minimum absolute atomic E-state index is 0.0336. The Morgan fingerprint density at radius 1 is 1.11 bits per heavy atom. The summed E-state index contributed by atoms with van der Waals surface area (Å²) in [5.41, 5.74) is -1.91. The van der Waals surface area contributed by atoms with Crippen molar-refractivity contribution < 1.29 is 28.2 Å². The lowest BCUT2D eigenvalue weighted by Crippen LogP contribution is -2.64. The SMILES string of the molecule is CC.Cc1ccc(Nc2c(C(=O)N3CC(O)(CCNC4CCCC4(C)O)C3)ccc(F)c2F)c(F)c1. The molecule has 0 aromatic heterocycles. The second-order valence-electron chi connectivity index (χ2n) is 9.78. The highest BCUT2D eigenvalue weighted by molar-refractivity contribution is 6.01. The Labute approximate surface area is 210 Å². The van der Waals surface area contributed by atoms with E-state index >= 15 is 0 Å². The summed E-state index contributed by atoms with van der Waals surface area (Å²) in [5.74, 6) is -3.70. The second-order valence-corrected chi connectivity index (χ2v) is 9.78. The zero-order valence-corrected chi connectivity index (χ0v) is 21.3. The molecule has 2 aromatic carbocycles. The zero-order valence-electron chi connectivity index (χ0n) is 21.3. The van der Waals surface area contributed by atoms with Crippen molar-refractivity contribution >= 4 is 17.3 Å². The summed E-state index contributed by atoms with van der Waals surface area (Å²) in [5, 5.41) is 26.9. The van der Waals surface area contributed by atoms with Crippen LogP contribution in [0.4, 0.5) is 24.5 Å². The number of nitrogens with one attached hydrogen (secondary N) is 2. The van der Waals surface area contributed by atoms with Gasteiger partial charge in [-0.25, -0.2) is 13.2 Å². The molecule has 0 bridgehead atoms. The molecule has 1 aliphatic heterocycles. The predicted molar refractivity (Wildman–Crippen MR) is 134 cm³/mol. The van der Waals surface area contributed by atoms with Gasteiger partial charge in [0.15, 0.2) is 11.6 Å². The first-order valence-corrected chi connectivity index (χ1v) is 12.5. The Kier molecular flexibility index (Phi) is 8.69. The van der Waals surface area contributed by atoms with E-state index in [4.69, 9.17) is 0 Å². The fourth-order valence-corrected chi connectivity index (χ4v) is 4.79. The van der Waals surface area contributed by atoms with Crippen molar-refractivity contribution in [2.75, 3.05) is 25.0 Å². The number of aryl methyl sites for hydroxylation is 1. The number of likely N-dealkylation sites (tertiary alicyclic amines) is 1. The minimum Gasteiger partial charge on any atom is -0.389 e. The van der Waals surface area contributed by atoms with Gasteiger partial charge in [0.25, 0.3) is 5.91 Å². The molecule has 36 heavy (non-hydrogen) atoms. The molecule has 6 nitrogen and oxygen atoms in total. The van der Waals surface area contributed by atoms with Crippen LogP contribution in [0.2, 0.25) is 0 Å². The van der Waals surface area contributed by atoms with Gasteiger partial charge in [0.05, 0.1) is 35.6 Å². The van der Waals surface area contributed by atoms with Crippen LogP contribution in [-0.2, 0) is 0 Å². The third kappa shape index (κ3) is 6.02. The molecule has 2 unspecified atom stereocenters. The molecular weight excluding hydrogens is 471 g/mol. The Morgan fingerprint density at radius 3 is 2.42 bits per heavy atom. The number of anilines is 2. The fourth-order valence-electron chi connectivity index (χ4n) is 4.79. The van der Waals surface area contributed by atoms with E-state index in [0.29, 0.717) is 18.5 Å². The van der Waals surface area contributed by atoms with Gasteiger partial charge >= 0.3 is 0 Å². The van der Waals surface area contributed by atoms with Gasteiger partial charge in [-0.2, -0.15) is 0 Å². The van der Waals surface area contributed by atoms with Crippen molar-refractivity contribution in [3.8, 4) is 0 Å². The summed E-state index contributed by atoms with van der Waals surface area (Å²) in [6.45, 7) is 8.04. The molecule has 0 spiro atoms. The summed E-state index contributed by atoms with van der Waals surface area (Å²) >= 11 is 0. The molecule has 198 valence electrons. The lowest BCUT2D eigenvalue weighted by atomic mass is 9.89. The summed E-state index contributed by atoms with van der Waals surface area (Å²) in [6, 6.07) is 6.21.